The fraction of sp³-hybridized carbons (Fsp3) is 0.381. The van der Waals surface area contributed by atoms with Crippen LogP contribution in [0.4, 0.5) is 0 Å². The summed E-state index contributed by atoms with van der Waals surface area (Å²) >= 11 is 6.00. The zero-order valence-electron chi connectivity index (χ0n) is 15.5. The Bertz CT molecular complexity index is 701. The van der Waals surface area contributed by atoms with Crippen LogP contribution in [0.3, 0.4) is 0 Å². The van der Waals surface area contributed by atoms with Crippen LogP contribution >= 0.6 is 11.6 Å². The van der Waals surface area contributed by atoms with Gasteiger partial charge in [-0.25, -0.2) is 0 Å². The number of hydrogen-bond acceptors (Lipinski definition) is 3. The zero-order valence-corrected chi connectivity index (χ0v) is 16.3. The first-order valence-corrected chi connectivity index (χ1v) is 9.24. The quantitative estimate of drug-likeness (QED) is 0.694. The van der Waals surface area contributed by atoms with E-state index in [2.05, 4.69) is 17.4 Å². The molecule has 0 aliphatic rings. The number of hydrogen-bond donors (Lipinski definition) is 1. The van der Waals surface area contributed by atoms with Crippen molar-refractivity contribution in [1.82, 2.24) is 5.32 Å². The lowest BCUT2D eigenvalue weighted by Gasteiger charge is -2.15. The summed E-state index contributed by atoms with van der Waals surface area (Å²) in [6, 6.07) is 15.3. The predicted octanol–water partition coefficient (Wildman–Crippen LogP) is 4.64. The molecule has 0 aromatic heterocycles. The molecule has 0 bridgehead atoms. The number of rotatable bonds is 9. The molecule has 0 spiro atoms. The highest BCUT2D eigenvalue weighted by atomic mass is 35.5. The van der Waals surface area contributed by atoms with Crippen LogP contribution in [0.15, 0.2) is 48.5 Å². The Hall–Kier alpha value is -2.20. The summed E-state index contributed by atoms with van der Waals surface area (Å²) < 4.78 is 11.1. The Morgan fingerprint density at radius 2 is 1.77 bits per heavy atom. The summed E-state index contributed by atoms with van der Waals surface area (Å²) in [5, 5.41) is 3.44. The van der Waals surface area contributed by atoms with Gasteiger partial charge in [0.15, 0.2) is 6.61 Å². The van der Waals surface area contributed by atoms with E-state index in [4.69, 9.17) is 21.1 Å². The van der Waals surface area contributed by atoms with Crippen LogP contribution in [0.1, 0.15) is 32.8 Å². The van der Waals surface area contributed by atoms with Gasteiger partial charge in [-0.3, -0.25) is 4.79 Å². The molecule has 2 aromatic carbocycles. The summed E-state index contributed by atoms with van der Waals surface area (Å²) in [5.74, 6) is 1.24. The molecule has 0 radical (unpaired) electrons. The molecule has 2 rings (SSSR count). The van der Waals surface area contributed by atoms with E-state index >= 15 is 0 Å². The van der Waals surface area contributed by atoms with Gasteiger partial charge in [0.25, 0.3) is 5.91 Å². The third-order valence-corrected chi connectivity index (χ3v) is 4.08. The first-order valence-electron chi connectivity index (χ1n) is 8.86. The van der Waals surface area contributed by atoms with Crippen molar-refractivity contribution >= 4 is 17.5 Å². The van der Waals surface area contributed by atoms with Gasteiger partial charge in [-0.2, -0.15) is 0 Å². The van der Waals surface area contributed by atoms with Crippen molar-refractivity contribution in [2.45, 2.75) is 45.8 Å². The molecule has 0 saturated heterocycles. The summed E-state index contributed by atoms with van der Waals surface area (Å²) in [5.41, 5.74) is 1.22. The first-order chi connectivity index (χ1) is 12.4. The lowest BCUT2D eigenvalue weighted by molar-refractivity contribution is -0.123. The minimum Gasteiger partial charge on any atom is -0.491 e. The van der Waals surface area contributed by atoms with E-state index in [0.717, 1.165) is 18.6 Å². The van der Waals surface area contributed by atoms with Gasteiger partial charge >= 0.3 is 0 Å². The summed E-state index contributed by atoms with van der Waals surface area (Å²) in [6.45, 7) is 5.96. The molecule has 0 aliphatic heterocycles. The number of nitrogens with one attached hydrogen (secondary N) is 1. The number of carbonyl (C=O) groups is 1. The maximum Gasteiger partial charge on any atom is 0.258 e. The van der Waals surface area contributed by atoms with Gasteiger partial charge in [-0.1, -0.05) is 35.9 Å². The van der Waals surface area contributed by atoms with Crippen molar-refractivity contribution in [2.75, 3.05) is 6.61 Å². The minimum absolute atomic E-state index is 0.0463. The Balaban J connectivity index is 1.71. The zero-order chi connectivity index (χ0) is 18.9. The first kappa shape index (κ1) is 20.1. The molecule has 140 valence electrons. The second-order valence-electron chi connectivity index (χ2n) is 6.54. The van der Waals surface area contributed by atoms with Crippen molar-refractivity contribution in [1.29, 1.82) is 0 Å². The standard InChI is InChI=1S/C21H26ClNO3/c1-15(2)26-18-12-10-17(11-13-18)9-8-16(3)23-21(24)14-25-20-7-5-4-6-19(20)22/h4-7,10-13,15-16H,8-9,14H2,1-3H3,(H,23,24). The van der Waals surface area contributed by atoms with E-state index in [1.165, 1.54) is 5.56 Å². The highest BCUT2D eigenvalue weighted by Gasteiger charge is 2.09. The molecule has 0 saturated carbocycles. The average molecular weight is 376 g/mol. The normalized spacial score (nSPS) is 11.9. The molecular formula is C21H26ClNO3. The van der Waals surface area contributed by atoms with Crippen molar-refractivity contribution in [3.8, 4) is 11.5 Å². The second-order valence-corrected chi connectivity index (χ2v) is 6.94. The van der Waals surface area contributed by atoms with Crippen LogP contribution < -0.4 is 14.8 Å². The van der Waals surface area contributed by atoms with Gasteiger partial charge < -0.3 is 14.8 Å². The molecule has 1 N–H and O–H groups in total. The number of halogens is 1. The number of aryl methyl sites for hydroxylation is 1. The number of para-hydroxylation sites is 1. The monoisotopic (exact) mass is 375 g/mol. The van der Waals surface area contributed by atoms with Crippen LogP contribution in [0.25, 0.3) is 0 Å². The minimum atomic E-state index is -0.155. The van der Waals surface area contributed by atoms with Gasteiger partial charge in [0.1, 0.15) is 11.5 Å². The van der Waals surface area contributed by atoms with E-state index in [0.29, 0.717) is 10.8 Å². The smallest absolute Gasteiger partial charge is 0.258 e. The van der Waals surface area contributed by atoms with Gasteiger partial charge in [0, 0.05) is 6.04 Å². The maximum absolute atomic E-state index is 12.0. The van der Waals surface area contributed by atoms with Gasteiger partial charge in [0.2, 0.25) is 0 Å². The Labute approximate surface area is 160 Å². The van der Waals surface area contributed by atoms with E-state index < -0.39 is 0 Å². The van der Waals surface area contributed by atoms with Crippen LogP contribution in [-0.2, 0) is 11.2 Å². The largest absolute Gasteiger partial charge is 0.491 e. The van der Waals surface area contributed by atoms with Crippen LogP contribution in [0.5, 0.6) is 11.5 Å². The summed E-state index contributed by atoms with van der Waals surface area (Å²) in [7, 11) is 0. The van der Waals surface area contributed by atoms with Crippen molar-refractivity contribution in [3.63, 3.8) is 0 Å². The molecule has 5 heteroatoms. The molecule has 0 aliphatic carbocycles. The van der Waals surface area contributed by atoms with Gasteiger partial charge in [-0.15, -0.1) is 0 Å². The lowest BCUT2D eigenvalue weighted by Crippen LogP contribution is -2.36. The molecule has 26 heavy (non-hydrogen) atoms. The fourth-order valence-corrected chi connectivity index (χ4v) is 2.67. The molecule has 2 aromatic rings. The third kappa shape index (κ3) is 6.96. The predicted molar refractivity (Wildman–Crippen MR) is 105 cm³/mol. The van der Waals surface area contributed by atoms with E-state index in [1.807, 2.05) is 45.0 Å². The van der Waals surface area contributed by atoms with Crippen molar-refractivity contribution < 1.29 is 14.3 Å². The number of carbonyl (C=O) groups excluding carboxylic acids is 1. The number of benzene rings is 2. The molecule has 4 nitrogen and oxygen atoms in total. The summed E-state index contributed by atoms with van der Waals surface area (Å²) in [6.07, 6.45) is 1.90. The Morgan fingerprint density at radius 1 is 1.08 bits per heavy atom. The van der Waals surface area contributed by atoms with E-state index in [-0.39, 0.29) is 24.7 Å². The van der Waals surface area contributed by atoms with Crippen LogP contribution in [-0.4, -0.2) is 24.7 Å². The van der Waals surface area contributed by atoms with E-state index in [9.17, 15) is 4.79 Å². The SMILES string of the molecule is CC(CCc1ccc(OC(C)C)cc1)NC(=O)COc1ccccc1Cl. The molecule has 1 atom stereocenters. The number of amides is 1. The molecule has 1 amide bonds. The van der Waals surface area contributed by atoms with Crippen LogP contribution in [0, 0.1) is 0 Å². The van der Waals surface area contributed by atoms with Gasteiger partial charge in [0.05, 0.1) is 11.1 Å². The average Bonchev–Trinajstić information content (AvgIpc) is 2.60. The Kier molecular flexibility index (Phi) is 7.79. The number of ether oxygens (including phenoxy) is 2. The highest BCUT2D eigenvalue weighted by Crippen LogP contribution is 2.22. The highest BCUT2D eigenvalue weighted by molar-refractivity contribution is 6.32. The van der Waals surface area contributed by atoms with Crippen LogP contribution in [0.2, 0.25) is 5.02 Å². The lowest BCUT2D eigenvalue weighted by atomic mass is 10.1. The van der Waals surface area contributed by atoms with Gasteiger partial charge in [-0.05, 0) is 63.4 Å². The second kappa shape index (κ2) is 10.1. The van der Waals surface area contributed by atoms with Crippen molar-refractivity contribution in [3.05, 3.63) is 59.1 Å². The molecular weight excluding hydrogens is 350 g/mol. The summed E-state index contributed by atoms with van der Waals surface area (Å²) in [4.78, 5) is 12.0. The topological polar surface area (TPSA) is 47.6 Å². The third-order valence-electron chi connectivity index (χ3n) is 3.76. The maximum atomic E-state index is 12.0. The Morgan fingerprint density at radius 3 is 2.42 bits per heavy atom. The van der Waals surface area contributed by atoms with E-state index in [1.54, 1.807) is 12.1 Å². The molecule has 1 unspecified atom stereocenters. The fourth-order valence-electron chi connectivity index (χ4n) is 2.48. The molecule has 0 fully saturated rings. The molecule has 0 heterocycles. The van der Waals surface area contributed by atoms with Crippen molar-refractivity contribution in [2.24, 2.45) is 0 Å².